The van der Waals surface area contributed by atoms with Gasteiger partial charge in [0.25, 0.3) is 0 Å². The summed E-state index contributed by atoms with van der Waals surface area (Å²) in [5, 5.41) is 4.27. The highest BCUT2D eigenvalue weighted by atomic mass is 35.5. The molecule has 2 aromatic heterocycles. The summed E-state index contributed by atoms with van der Waals surface area (Å²) in [6.07, 6.45) is 2.48. The molecular formula is C9H11ClN4S. The van der Waals surface area contributed by atoms with Crippen LogP contribution in [-0.2, 0) is 0 Å². The van der Waals surface area contributed by atoms with E-state index in [1.165, 1.54) is 11.5 Å². The van der Waals surface area contributed by atoms with E-state index in [1.807, 2.05) is 6.92 Å². The number of alkyl halides is 1. The Hall–Kier alpha value is -0.940. The normalized spacial score (nSPS) is 10.8. The second-order valence-corrected chi connectivity index (χ2v) is 4.27. The number of aryl methyl sites for hydroxylation is 1. The van der Waals surface area contributed by atoms with Gasteiger partial charge in [0, 0.05) is 12.4 Å². The predicted octanol–water partition coefficient (Wildman–Crippen LogP) is 2.44. The molecule has 80 valence electrons. The molecule has 0 atom stereocenters. The third-order valence-electron chi connectivity index (χ3n) is 2.05. The topological polar surface area (TPSA) is 50.7 Å². The zero-order valence-electron chi connectivity index (χ0n) is 8.33. The fourth-order valence-electron chi connectivity index (χ4n) is 1.33. The first-order valence-corrected chi connectivity index (χ1v) is 6.00. The molecule has 2 rings (SSSR count). The molecule has 0 saturated heterocycles. The first-order chi connectivity index (χ1) is 7.33. The highest BCUT2D eigenvalue weighted by molar-refractivity contribution is 7.13. The lowest BCUT2D eigenvalue weighted by Crippen LogP contribution is -2.04. The van der Waals surface area contributed by atoms with Crippen LogP contribution in [0.3, 0.4) is 0 Å². The van der Waals surface area contributed by atoms with Crippen molar-refractivity contribution in [1.82, 2.24) is 14.3 Å². The highest BCUT2D eigenvalue weighted by Gasteiger charge is 2.08. The number of nitrogens with zero attached hydrogens (tertiary/aromatic N) is 3. The molecule has 4 nitrogen and oxygen atoms in total. The van der Waals surface area contributed by atoms with Crippen molar-refractivity contribution in [3.63, 3.8) is 0 Å². The lowest BCUT2D eigenvalue weighted by molar-refractivity contribution is 0.976. The van der Waals surface area contributed by atoms with Gasteiger partial charge < -0.3 is 5.32 Å². The highest BCUT2D eigenvalue weighted by Crippen LogP contribution is 2.25. The van der Waals surface area contributed by atoms with E-state index in [4.69, 9.17) is 11.6 Å². The zero-order valence-corrected chi connectivity index (χ0v) is 9.90. The summed E-state index contributed by atoms with van der Waals surface area (Å²) in [5.74, 6) is 1.51. The van der Waals surface area contributed by atoms with Crippen molar-refractivity contribution >= 4 is 39.2 Å². The van der Waals surface area contributed by atoms with Crippen molar-refractivity contribution in [3.05, 3.63) is 12.0 Å². The third kappa shape index (κ3) is 2.18. The van der Waals surface area contributed by atoms with Crippen LogP contribution < -0.4 is 5.32 Å². The number of nitrogens with one attached hydrogen (secondary N) is 1. The van der Waals surface area contributed by atoms with Crippen molar-refractivity contribution in [3.8, 4) is 0 Å². The minimum absolute atomic E-state index is 0.655. The Bertz CT molecular complexity index is 456. The van der Waals surface area contributed by atoms with E-state index in [0.29, 0.717) is 5.88 Å². The molecule has 2 aromatic rings. The molecule has 0 bridgehead atoms. The van der Waals surface area contributed by atoms with E-state index in [2.05, 4.69) is 19.7 Å². The molecule has 1 N–H and O–H groups in total. The molecule has 0 aliphatic carbocycles. The molecule has 0 amide bonds. The Balaban J connectivity index is 2.29. The van der Waals surface area contributed by atoms with Gasteiger partial charge in [0.05, 0.1) is 11.1 Å². The van der Waals surface area contributed by atoms with Gasteiger partial charge in [-0.25, -0.2) is 9.97 Å². The van der Waals surface area contributed by atoms with Crippen LogP contribution in [0.15, 0.2) is 6.33 Å². The van der Waals surface area contributed by atoms with Crippen LogP contribution in [0, 0.1) is 6.92 Å². The second kappa shape index (κ2) is 4.72. The van der Waals surface area contributed by atoms with Gasteiger partial charge in [0.2, 0.25) is 0 Å². The number of aromatic nitrogens is 3. The third-order valence-corrected chi connectivity index (χ3v) is 3.16. The predicted molar refractivity (Wildman–Crippen MR) is 63.8 cm³/mol. The Morgan fingerprint density at radius 3 is 3.13 bits per heavy atom. The van der Waals surface area contributed by atoms with Crippen molar-refractivity contribution in [2.75, 3.05) is 17.7 Å². The van der Waals surface area contributed by atoms with E-state index in [9.17, 15) is 0 Å². The van der Waals surface area contributed by atoms with Gasteiger partial charge in [0.1, 0.15) is 17.0 Å². The fraction of sp³-hybridized carbons (Fsp3) is 0.444. The minimum Gasteiger partial charge on any atom is -0.369 e. The smallest absolute Gasteiger partial charge is 0.149 e. The van der Waals surface area contributed by atoms with Crippen LogP contribution in [0.25, 0.3) is 10.2 Å². The zero-order chi connectivity index (χ0) is 10.7. The molecule has 15 heavy (non-hydrogen) atoms. The fourth-order valence-corrected chi connectivity index (χ4v) is 2.21. The molecule has 6 heteroatoms. The summed E-state index contributed by atoms with van der Waals surface area (Å²) in [6.45, 7) is 2.79. The maximum atomic E-state index is 5.61. The van der Waals surface area contributed by atoms with Crippen molar-refractivity contribution in [1.29, 1.82) is 0 Å². The quantitative estimate of drug-likeness (QED) is 0.661. The molecule has 2 heterocycles. The lowest BCUT2D eigenvalue weighted by atomic mass is 10.3. The van der Waals surface area contributed by atoms with Crippen molar-refractivity contribution < 1.29 is 0 Å². The van der Waals surface area contributed by atoms with Gasteiger partial charge in [0.15, 0.2) is 0 Å². The Kier molecular flexibility index (Phi) is 3.33. The van der Waals surface area contributed by atoms with Crippen molar-refractivity contribution in [2.45, 2.75) is 13.3 Å². The number of hydrogen-bond acceptors (Lipinski definition) is 5. The summed E-state index contributed by atoms with van der Waals surface area (Å²) in [4.78, 5) is 9.31. The summed E-state index contributed by atoms with van der Waals surface area (Å²) in [7, 11) is 0. The van der Waals surface area contributed by atoms with E-state index >= 15 is 0 Å². The summed E-state index contributed by atoms with van der Waals surface area (Å²) < 4.78 is 4.26. The molecule has 0 aromatic carbocycles. The van der Waals surface area contributed by atoms with Crippen LogP contribution in [0.5, 0.6) is 0 Å². The van der Waals surface area contributed by atoms with Crippen LogP contribution in [0.2, 0.25) is 0 Å². The number of hydrogen-bond donors (Lipinski definition) is 1. The standard InChI is InChI=1S/C9H11ClN4S/c1-6-7-8(11-4-2-3-10)12-5-13-9(7)15-14-6/h5H,2-4H2,1H3,(H,11,12,13). The monoisotopic (exact) mass is 242 g/mol. The minimum atomic E-state index is 0.655. The molecule has 0 spiro atoms. The average molecular weight is 243 g/mol. The first kappa shape index (κ1) is 10.6. The number of rotatable bonds is 4. The van der Waals surface area contributed by atoms with Crippen molar-refractivity contribution in [2.24, 2.45) is 0 Å². The van der Waals surface area contributed by atoms with E-state index in [-0.39, 0.29) is 0 Å². The SMILES string of the molecule is Cc1nsc2ncnc(NCCCCl)c12. The van der Waals surface area contributed by atoms with Gasteiger partial charge in [-0.05, 0) is 24.9 Å². The van der Waals surface area contributed by atoms with Gasteiger partial charge in [-0.15, -0.1) is 11.6 Å². The maximum absolute atomic E-state index is 5.61. The molecule has 0 radical (unpaired) electrons. The summed E-state index contributed by atoms with van der Waals surface area (Å²) in [5.41, 5.74) is 0.976. The molecular weight excluding hydrogens is 232 g/mol. The first-order valence-electron chi connectivity index (χ1n) is 4.69. The number of anilines is 1. The van der Waals surface area contributed by atoms with Gasteiger partial charge in [-0.3, -0.25) is 0 Å². The van der Waals surface area contributed by atoms with Crippen LogP contribution in [0.4, 0.5) is 5.82 Å². The largest absolute Gasteiger partial charge is 0.369 e. The van der Waals surface area contributed by atoms with Gasteiger partial charge in [-0.2, -0.15) is 4.37 Å². The van der Waals surface area contributed by atoms with Gasteiger partial charge in [-0.1, -0.05) is 0 Å². The number of fused-ring (bicyclic) bond motifs is 1. The average Bonchev–Trinajstić information content (AvgIpc) is 2.62. The van der Waals surface area contributed by atoms with Crippen LogP contribution >= 0.6 is 23.1 Å². The molecule has 0 aliphatic rings. The summed E-state index contributed by atoms with van der Waals surface area (Å²) in [6, 6.07) is 0. The molecule has 0 unspecified atom stereocenters. The number of halogens is 1. The lowest BCUT2D eigenvalue weighted by Gasteiger charge is -2.04. The Labute approximate surface area is 96.9 Å². The maximum Gasteiger partial charge on any atom is 0.149 e. The Morgan fingerprint density at radius 2 is 2.33 bits per heavy atom. The second-order valence-electron chi connectivity index (χ2n) is 3.14. The van der Waals surface area contributed by atoms with E-state index in [0.717, 1.165) is 34.7 Å². The molecule has 0 aliphatic heterocycles. The Morgan fingerprint density at radius 1 is 1.47 bits per heavy atom. The van der Waals surface area contributed by atoms with Gasteiger partial charge >= 0.3 is 0 Å². The molecule has 0 fully saturated rings. The molecule has 0 saturated carbocycles. The van der Waals surface area contributed by atoms with Crippen LogP contribution in [0.1, 0.15) is 12.1 Å². The summed E-state index contributed by atoms with van der Waals surface area (Å²) >= 11 is 7.01. The van der Waals surface area contributed by atoms with Crippen LogP contribution in [-0.4, -0.2) is 26.8 Å². The van der Waals surface area contributed by atoms with E-state index < -0.39 is 0 Å². The van der Waals surface area contributed by atoms with E-state index in [1.54, 1.807) is 6.33 Å².